The van der Waals surface area contributed by atoms with Gasteiger partial charge in [-0.3, -0.25) is 0 Å². The van der Waals surface area contributed by atoms with Crippen LogP contribution in [0.25, 0.3) is 0 Å². The van der Waals surface area contributed by atoms with Gasteiger partial charge in [-0.2, -0.15) is 0 Å². The summed E-state index contributed by atoms with van der Waals surface area (Å²) in [6, 6.07) is 28.3. The molecule has 0 amide bonds. The van der Waals surface area contributed by atoms with Gasteiger partial charge in [-0.15, -0.1) is 0 Å². The van der Waals surface area contributed by atoms with Crippen LogP contribution in [0.1, 0.15) is 11.1 Å². The third-order valence-electron chi connectivity index (χ3n) is 4.17. The maximum absolute atomic E-state index is 6.21. The van der Waals surface area contributed by atoms with Crippen molar-refractivity contribution in [3.8, 4) is 0 Å². The highest BCUT2D eigenvalue weighted by molar-refractivity contribution is 8.13. The Morgan fingerprint density at radius 1 is 0.704 bits per heavy atom. The van der Waals surface area contributed by atoms with E-state index in [4.69, 9.17) is 20.9 Å². The number of hydrogen-bond acceptors (Lipinski definition) is 4. The second-order valence-electron chi connectivity index (χ2n) is 6.43. The van der Waals surface area contributed by atoms with Crippen LogP contribution in [-0.4, -0.2) is 14.1 Å². The quantitative estimate of drug-likeness (QED) is 0.492. The molecule has 3 rings (SSSR count). The summed E-state index contributed by atoms with van der Waals surface area (Å²) < 4.78 is 12.4. The van der Waals surface area contributed by atoms with Crippen molar-refractivity contribution in [1.82, 2.24) is 0 Å². The van der Waals surface area contributed by atoms with Gasteiger partial charge in [0.2, 0.25) is 6.49 Å². The summed E-state index contributed by atoms with van der Waals surface area (Å²) in [7, 11) is 4.03. The molecule has 0 radical (unpaired) electrons. The summed E-state index contributed by atoms with van der Waals surface area (Å²) in [5, 5.41) is 0.926. The molecule has 0 heterocycles. The molecule has 3 aromatic rings. The van der Waals surface area contributed by atoms with Gasteiger partial charge in [0.05, 0.1) is 13.2 Å². The third-order valence-corrected chi connectivity index (χ3v) is 7.30. The number of benzene rings is 3. The standard InChI is InChI=1S/C22H24NO2PS/c1-23(2)21-13-15-22(16-14-21)26(27,24-17-19-9-5-3-6-10-19)25-18-20-11-7-4-8-12-20/h3-16H,17-18H2,1-2H3. The lowest BCUT2D eigenvalue weighted by Gasteiger charge is -2.24. The maximum Gasteiger partial charge on any atom is 0.220 e. The first-order valence-electron chi connectivity index (χ1n) is 8.82. The van der Waals surface area contributed by atoms with E-state index in [1.54, 1.807) is 0 Å². The van der Waals surface area contributed by atoms with E-state index in [2.05, 4.69) is 4.90 Å². The van der Waals surface area contributed by atoms with Gasteiger partial charge in [0.15, 0.2) is 0 Å². The van der Waals surface area contributed by atoms with Gasteiger partial charge >= 0.3 is 0 Å². The molecule has 0 N–H and O–H groups in total. The molecular weight excluding hydrogens is 373 g/mol. The Kier molecular flexibility index (Phi) is 6.81. The van der Waals surface area contributed by atoms with Crippen molar-refractivity contribution < 1.29 is 9.05 Å². The van der Waals surface area contributed by atoms with Crippen LogP contribution < -0.4 is 10.2 Å². The molecule has 0 unspecified atom stereocenters. The zero-order valence-corrected chi connectivity index (χ0v) is 17.3. The summed E-state index contributed by atoms with van der Waals surface area (Å²) in [4.78, 5) is 2.06. The van der Waals surface area contributed by atoms with E-state index >= 15 is 0 Å². The Hall–Kier alpha value is -1.97. The first-order chi connectivity index (χ1) is 13.1. The fourth-order valence-corrected chi connectivity index (χ4v) is 4.79. The molecule has 0 spiro atoms. The minimum Gasteiger partial charge on any atom is -0.378 e. The summed E-state index contributed by atoms with van der Waals surface area (Å²) in [5.74, 6) is 0. The van der Waals surface area contributed by atoms with Crippen LogP contribution in [0.15, 0.2) is 84.9 Å². The molecular formula is C22H24NO2PS. The monoisotopic (exact) mass is 397 g/mol. The molecule has 0 aromatic heterocycles. The average Bonchev–Trinajstić information content (AvgIpc) is 2.72. The van der Waals surface area contributed by atoms with Gasteiger partial charge in [-0.05, 0) is 47.2 Å². The largest absolute Gasteiger partial charge is 0.378 e. The molecule has 0 fully saturated rings. The molecule has 0 bridgehead atoms. The maximum atomic E-state index is 6.21. The number of nitrogens with zero attached hydrogens (tertiary/aromatic N) is 1. The summed E-state index contributed by atoms with van der Waals surface area (Å²) in [6.07, 6.45) is 0. The van der Waals surface area contributed by atoms with Gasteiger partial charge in [0, 0.05) is 25.1 Å². The van der Waals surface area contributed by atoms with Crippen LogP contribution in [0.2, 0.25) is 0 Å². The van der Waals surface area contributed by atoms with Crippen LogP contribution in [0.5, 0.6) is 0 Å². The minimum atomic E-state index is -2.64. The minimum absolute atomic E-state index is 0.433. The molecule has 0 aliphatic carbocycles. The average molecular weight is 397 g/mol. The van der Waals surface area contributed by atoms with E-state index in [-0.39, 0.29) is 0 Å². The lowest BCUT2D eigenvalue weighted by molar-refractivity contribution is 0.240. The van der Waals surface area contributed by atoms with E-state index in [9.17, 15) is 0 Å². The van der Waals surface area contributed by atoms with Crippen LogP contribution in [0.3, 0.4) is 0 Å². The van der Waals surface area contributed by atoms with Crippen molar-refractivity contribution >= 4 is 29.3 Å². The van der Waals surface area contributed by atoms with Crippen LogP contribution in [0, 0.1) is 0 Å². The van der Waals surface area contributed by atoms with Gasteiger partial charge in [-0.25, -0.2) is 0 Å². The zero-order chi connectivity index (χ0) is 19.1. The molecule has 5 heteroatoms. The fourth-order valence-electron chi connectivity index (χ4n) is 2.59. The Labute approximate surface area is 166 Å². The smallest absolute Gasteiger partial charge is 0.220 e. The first-order valence-corrected chi connectivity index (χ1v) is 11.5. The molecule has 0 aliphatic heterocycles. The zero-order valence-electron chi connectivity index (χ0n) is 15.6. The van der Waals surface area contributed by atoms with Crippen molar-refractivity contribution in [2.75, 3.05) is 19.0 Å². The van der Waals surface area contributed by atoms with E-state index in [1.807, 2.05) is 99.0 Å². The number of rotatable bonds is 8. The Morgan fingerprint density at radius 2 is 1.15 bits per heavy atom. The van der Waals surface area contributed by atoms with Gasteiger partial charge in [-0.1, -0.05) is 60.7 Å². The number of anilines is 1. The summed E-state index contributed by atoms with van der Waals surface area (Å²) in [5.41, 5.74) is 3.28. The molecule has 140 valence electrons. The van der Waals surface area contributed by atoms with E-state index in [0.29, 0.717) is 13.2 Å². The predicted octanol–water partition coefficient (Wildman–Crippen LogP) is 5.12. The molecule has 0 atom stereocenters. The molecule has 0 aliphatic rings. The molecule has 0 saturated carbocycles. The summed E-state index contributed by atoms with van der Waals surface area (Å²) >= 11 is 5.93. The van der Waals surface area contributed by atoms with Crippen LogP contribution in [0.4, 0.5) is 5.69 Å². The molecule has 3 nitrogen and oxygen atoms in total. The topological polar surface area (TPSA) is 21.7 Å². The highest BCUT2D eigenvalue weighted by atomic mass is 32.5. The summed E-state index contributed by atoms with van der Waals surface area (Å²) in [6.45, 7) is -1.77. The first kappa shape index (κ1) is 19.8. The van der Waals surface area contributed by atoms with Crippen molar-refractivity contribution in [1.29, 1.82) is 0 Å². The van der Waals surface area contributed by atoms with Crippen molar-refractivity contribution in [3.05, 3.63) is 96.1 Å². The highest BCUT2D eigenvalue weighted by Gasteiger charge is 2.23. The van der Waals surface area contributed by atoms with Crippen LogP contribution >= 0.6 is 6.49 Å². The molecule has 3 aromatic carbocycles. The Morgan fingerprint density at radius 3 is 1.56 bits per heavy atom. The van der Waals surface area contributed by atoms with E-state index in [1.165, 1.54) is 0 Å². The second kappa shape index (κ2) is 9.29. The van der Waals surface area contributed by atoms with Gasteiger partial charge in [0.1, 0.15) is 0 Å². The molecule has 0 saturated heterocycles. The van der Waals surface area contributed by atoms with Gasteiger partial charge < -0.3 is 13.9 Å². The number of hydrogen-bond donors (Lipinski definition) is 0. The highest BCUT2D eigenvalue weighted by Crippen LogP contribution is 2.49. The van der Waals surface area contributed by atoms with Gasteiger partial charge in [0.25, 0.3) is 0 Å². The third kappa shape index (κ3) is 5.50. The SMILES string of the molecule is CN(C)c1ccc(P(=S)(OCc2ccccc2)OCc2ccccc2)cc1. The Bertz CT molecular complexity index is 836. The lowest BCUT2D eigenvalue weighted by Crippen LogP contribution is -2.13. The second-order valence-corrected chi connectivity index (χ2v) is 9.90. The fraction of sp³-hybridized carbons (Fsp3) is 0.182. The van der Waals surface area contributed by atoms with Crippen molar-refractivity contribution in [3.63, 3.8) is 0 Å². The molecule has 27 heavy (non-hydrogen) atoms. The van der Waals surface area contributed by atoms with E-state index in [0.717, 1.165) is 22.1 Å². The van der Waals surface area contributed by atoms with Crippen LogP contribution in [-0.2, 0) is 34.1 Å². The van der Waals surface area contributed by atoms with Crippen molar-refractivity contribution in [2.24, 2.45) is 0 Å². The predicted molar refractivity (Wildman–Crippen MR) is 117 cm³/mol. The lowest BCUT2D eigenvalue weighted by atomic mass is 10.2. The van der Waals surface area contributed by atoms with Crippen molar-refractivity contribution in [2.45, 2.75) is 13.2 Å². The normalized spacial score (nSPS) is 11.3. The Balaban J connectivity index is 1.81. The van der Waals surface area contributed by atoms with E-state index < -0.39 is 6.49 Å².